The van der Waals surface area contributed by atoms with Crippen molar-refractivity contribution in [3.63, 3.8) is 0 Å². The lowest BCUT2D eigenvalue weighted by atomic mass is 9.83. The number of methoxy groups -OCH3 is 1. The Bertz CT molecular complexity index is 1740. The Hall–Kier alpha value is -3.72. The van der Waals surface area contributed by atoms with E-state index < -0.39 is 25.9 Å². The summed E-state index contributed by atoms with van der Waals surface area (Å²) >= 11 is 0. The van der Waals surface area contributed by atoms with Crippen molar-refractivity contribution in [2.24, 2.45) is 5.92 Å². The van der Waals surface area contributed by atoms with Crippen LogP contribution >= 0.6 is 0 Å². The molecule has 5 rings (SSSR count). The summed E-state index contributed by atoms with van der Waals surface area (Å²) in [5.74, 6) is -1.20. The molecule has 0 bridgehead atoms. The minimum absolute atomic E-state index is 0.0854. The average molecular weight is 712 g/mol. The third-order valence-corrected chi connectivity index (χ3v) is 15.3. The lowest BCUT2D eigenvalue weighted by molar-refractivity contribution is -0.143. The Labute approximate surface area is 305 Å². The highest BCUT2D eigenvalue weighted by molar-refractivity contribution is 6.99. The topological polar surface area (TPSA) is 79.3 Å². The second-order valence-electron chi connectivity index (χ2n) is 16.1. The van der Waals surface area contributed by atoms with Crippen LogP contribution in [0.2, 0.25) is 5.04 Å². The van der Waals surface area contributed by atoms with Crippen LogP contribution in [-0.4, -0.2) is 56.5 Å². The number of ether oxygens (including phenoxy) is 3. The van der Waals surface area contributed by atoms with Crippen LogP contribution in [0.5, 0.6) is 0 Å². The Kier molecular flexibility index (Phi) is 11.7. The monoisotopic (exact) mass is 711 g/mol. The Morgan fingerprint density at radius 1 is 0.882 bits per heavy atom. The van der Waals surface area contributed by atoms with Crippen LogP contribution in [0.1, 0.15) is 98.2 Å². The number of aryl methyl sites for hydroxylation is 1. The fourth-order valence-corrected chi connectivity index (χ4v) is 12.5. The van der Waals surface area contributed by atoms with Gasteiger partial charge in [0.1, 0.15) is 5.60 Å². The van der Waals surface area contributed by atoms with Crippen molar-refractivity contribution in [3.05, 3.63) is 96.2 Å². The van der Waals surface area contributed by atoms with E-state index in [1.165, 1.54) is 17.5 Å². The first-order valence-electron chi connectivity index (χ1n) is 18.5. The van der Waals surface area contributed by atoms with Gasteiger partial charge < -0.3 is 18.6 Å². The summed E-state index contributed by atoms with van der Waals surface area (Å²) in [7, 11) is -1.45. The number of hydrogen-bond acceptors (Lipinski definition) is 6. The summed E-state index contributed by atoms with van der Waals surface area (Å²) in [4.78, 5) is 28.3. The molecule has 274 valence electrons. The Balaban J connectivity index is 1.65. The molecule has 0 N–H and O–H groups in total. The van der Waals surface area contributed by atoms with Crippen LogP contribution in [0.25, 0.3) is 10.9 Å². The van der Waals surface area contributed by atoms with Gasteiger partial charge in [0.05, 0.1) is 30.8 Å². The molecule has 0 aliphatic carbocycles. The number of carbonyl (C=O) groups is 2. The van der Waals surface area contributed by atoms with E-state index in [0.717, 1.165) is 35.7 Å². The van der Waals surface area contributed by atoms with Crippen LogP contribution in [0.3, 0.4) is 0 Å². The molecule has 3 aromatic carbocycles. The lowest BCUT2D eigenvalue weighted by Gasteiger charge is -2.44. The van der Waals surface area contributed by atoms with Gasteiger partial charge in [0.15, 0.2) is 0 Å². The van der Waals surface area contributed by atoms with Crippen LogP contribution in [-0.2, 0) is 29.9 Å². The molecule has 4 aromatic rings. The fourth-order valence-electron chi connectivity index (χ4n) is 7.81. The minimum atomic E-state index is -2.88. The molecular weight excluding hydrogens is 655 g/mol. The molecule has 0 saturated carbocycles. The van der Waals surface area contributed by atoms with Crippen molar-refractivity contribution in [1.29, 1.82) is 0 Å². The zero-order chi connectivity index (χ0) is 37.0. The number of carbonyl (C=O) groups excluding carboxylic acids is 2. The second kappa shape index (κ2) is 15.5. The third kappa shape index (κ3) is 8.19. The number of nitrogens with zero attached hydrogens (tertiary/aromatic N) is 1. The highest BCUT2D eigenvalue weighted by atomic mass is 28.4. The number of benzene rings is 3. The molecule has 0 spiro atoms. The van der Waals surface area contributed by atoms with E-state index in [9.17, 15) is 9.59 Å². The summed E-state index contributed by atoms with van der Waals surface area (Å²) < 4.78 is 26.8. The van der Waals surface area contributed by atoms with Crippen LogP contribution in [0, 0.1) is 5.92 Å². The maximum Gasteiger partial charge on any atom is 0.419 e. The summed E-state index contributed by atoms with van der Waals surface area (Å²) in [6.45, 7) is 17.8. The highest BCUT2D eigenvalue weighted by Gasteiger charge is 2.52. The predicted molar refractivity (Wildman–Crippen MR) is 208 cm³/mol. The molecule has 0 radical (unpaired) electrons. The van der Waals surface area contributed by atoms with Crippen LogP contribution in [0.4, 0.5) is 4.79 Å². The second-order valence-corrected chi connectivity index (χ2v) is 20.4. The number of aromatic nitrogens is 1. The summed E-state index contributed by atoms with van der Waals surface area (Å²) in [6.07, 6.45) is 3.06. The van der Waals surface area contributed by atoms with Crippen molar-refractivity contribution in [3.8, 4) is 0 Å². The number of rotatable bonds is 14. The summed E-state index contributed by atoms with van der Waals surface area (Å²) in [5, 5.41) is 3.15. The average Bonchev–Trinajstić information content (AvgIpc) is 3.80. The highest BCUT2D eigenvalue weighted by Crippen LogP contribution is 2.44. The molecule has 8 heteroatoms. The SMILES string of the molecule is CCCc1c(C(C[C@@H](CO[Si](c2ccccc2)(c2ccccc2)C(C)(C)C)C[C@@]2(CC)CO2)C(=O)OC)n(C(=O)OC(C)(C)C)c2ccccc12. The van der Waals surface area contributed by atoms with Crippen molar-refractivity contribution in [1.82, 2.24) is 4.57 Å². The molecule has 1 aliphatic heterocycles. The normalized spacial score (nSPS) is 17.6. The third-order valence-electron chi connectivity index (χ3n) is 10.3. The first kappa shape index (κ1) is 38.5. The smallest absolute Gasteiger partial charge is 0.419 e. The quantitative estimate of drug-likeness (QED) is 0.0740. The van der Waals surface area contributed by atoms with Gasteiger partial charge in [-0.25, -0.2) is 9.36 Å². The van der Waals surface area contributed by atoms with E-state index in [4.69, 9.17) is 18.6 Å². The van der Waals surface area contributed by atoms with Crippen molar-refractivity contribution in [2.75, 3.05) is 20.3 Å². The molecule has 3 atom stereocenters. The molecule has 51 heavy (non-hydrogen) atoms. The van der Waals surface area contributed by atoms with E-state index in [2.05, 4.69) is 83.1 Å². The van der Waals surface area contributed by atoms with Gasteiger partial charge in [0.2, 0.25) is 0 Å². The molecule has 2 heterocycles. The first-order chi connectivity index (χ1) is 24.2. The summed E-state index contributed by atoms with van der Waals surface area (Å²) in [5.41, 5.74) is 1.37. The number of esters is 1. The largest absolute Gasteiger partial charge is 0.469 e. The van der Waals surface area contributed by atoms with Crippen molar-refractivity contribution < 1.29 is 28.2 Å². The van der Waals surface area contributed by atoms with Gasteiger partial charge in [-0.05, 0) is 79.4 Å². The van der Waals surface area contributed by atoms with Crippen LogP contribution < -0.4 is 10.4 Å². The van der Waals surface area contributed by atoms with Gasteiger partial charge in [0, 0.05) is 17.7 Å². The van der Waals surface area contributed by atoms with Crippen molar-refractivity contribution >= 4 is 41.7 Å². The maximum atomic E-state index is 14.1. The van der Waals surface area contributed by atoms with Gasteiger partial charge in [-0.1, -0.05) is 120 Å². The van der Waals surface area contributed by atoms with E-state index in [-0.39, 0.29) is 22.5 Å². The van der Waals surface area contributed by atoms with E-state index >= 15 is 0 Å². The Morgan fingerprint density at radius 3 is 1.94 bits per heavy atom. The van der Waals surface area contributed by atoms with Crippen molar-refractivity contribution in [2.45, 2.75) is 110 Å². The summed E-state index contributed by atoms with van der Waals surface area (Å²) in [6, 6.07) is 29.1. The first-order valence-corrected chi connectivity index (χ1v) is 20.4. The van der Waals surface area contributed by atoms with Gasteiger partial charge in [-0.15, -0.1) is 0 Å². The van der Waals surface area contributed by atoms with Gasteiger partial charge in [0.25, 0.3) is 8.32 Å². The fraction of sp³-hybridized carbons (Fsp3) is 0.488. The number of para-hydroxylation sites is 1. The number of hydrogen-bond donors (Lipinski definition) is 0. The molecule has 1 fully saturated rings. The number of epoxide rings is 1. The Morgan fingerprint density at radius 2 is 1.45 bits per heavy atom. The molecule has 0 amide bonds. The van der Waals surface area contributed by atoms with Gasteiger partial charge >= 0.3 is 12.1 Å². The van der Waals surface area contributed by atoms with E-state index in [1.54, 1.807) is 4.57 Å². The number of fused-ring (bicyclic) bond motifs is 1. The van der Waals surface area contributed by atoms with Crippen LogP contribution in [0.15, 0.2) is 84.9 Å². The zero-order valence-corrected chi connectivity index (χ0v) is 33.1. The molecule has 1 aliphatic rings. The molecule has 1 saturated heterocycles. The van der Waals surface area contributed by atoms with Gasteiger partial charge in [-0.3, -0.25) is 4.79 Å². The zero-order valence-electron chi connectivity index (χ0n) is 32.1. The van der Waals surface area contributed by atoms with E-state index in [0.29, 0.717) is 31.7 Å². The predicted octanol–water partition coefficient (Wildman–Crippen LogP) is 8.79. The standard InChI is InChI=1S/C43H57NO6Si/c1-10-20-35-34-25-18-19-26-37(34)44(40(46)50-41(3,4)5)38(35)36(39(45)47-9)27-31(28-43(11-2)30-48-43)29-49-51(42(6,7)8,32-21-14-12-15-22-32)33-23-16-13-17-24-33/h12-19,21-26,31,36H,10-11,20,27-30H2,1-9H3/t31-,36?,43+/m1/s1. The molecule has 7 nitrogen and oxygen atoms in total. The van der Waals surface area contributed by atoms with Gasteiger partial charge in [-0.2, -0.15) is 0 Å². The maximum absolute atomic E-state index is 14.1. The minimum Gasteiger partial charge on any atom is -0.469 e. The molecule has 1 aromatic heterocycles. The van der Waals surface area contributed by atoms with E-state index in [1.807, 2.05) is 57.2 Å². The molecular formula is C43H57NO6Si. The molecule has 1 unspecified atom stereocenters. The lowest BCUT2D eigenvalue weighted by Crippen LogP contribution is -2.67.